The molecule has 0 unspecified atom stereocenters. The first-order valence-electron chi connectivity index (χ1n) is 8.95. The van der Waals surface area contributed by atoms with Crippen LogP contribution in [0.4, 0.5) is 0 Å². The van der Waals surface area contributed by atoms with E-state index >= 15 is 0 Å². The molecule has 0 radical (unpaired) electrons. The molecular weight excluding hydrogens is 394 g/mol. The minimum absolute atomic E-state index is 0.203. The molecule has 26 heavy (non-hydrogen) atoms. The number of benzene rings is 1. The van der Waals surface area contributed by atoms with Gasteiger partial charge in [-0.05, 0) is 36.1 Å². The molecule has 1 aliphatic carbocycles. The second-order valence-corrected chi connectivity index (χ2v) is 7.98. The van der Waals surface area contributed by atoms with Crippen LogP contribution in [0.1, 0.15) is 23.7 Å². The molecule has 1 aliphatic heterocycles. The van der Waals surface area contributed by atoms with Crippen LogP contribution in [0.2, 0.25) is 0 Å². The van der Waals surface area contributed by atoms with Crippen LogP contribution in [-0.4, -0.2) is 31.1 Å². The van der Waals surface area contributed by atoms with Crippen LogP contribution < -0.4 is 0 Å². The fraction of sp³-hybridized carbons (Fsp3) is 0.381. The number of halogens is 1. The molecule has 0 spiro atoms. The van der Waals surface area contributed by atoms with Crippen LogP contribution in [0.25, 0.3) is 0 Å². The number of ether oxygens (including phenoxy) is 1. The maximum absolute atomic E-state index is 12.4. The Hall–Kier alpha value is -1.85. The normalized spacial score (nSPS) is 25.6. The van der Waals surface area contributed by atoms with E-state index in [1.165, 1.54) is 12.7 Å². The summed E-state index contributed by atoms with van der Waals surface area (Å²) in [6.45, 7) is 2.63. The molecule has 2 bridgehead atoms. The molecule has 0 saturated carbocycles. The van der Waals surface area contributed by atoms with Gasteiger partial charge in [0.25, 0.3) is 0 Å². The molecule has 0 N–H and O–H groups in total. The van der Waals surface area contributed by atoms with Gasteiger partial charge in [-0.25, -0.2) is 4.79 Å². The first-order valence-corrected chi connectivity index (χ1v) is 9.74. The monoisotopic (exact) mass is 415 g/mol. The zero-order chi connectivity index (χ0) is 18.1. The lowest BCUT2D eigenvalue weighted by atomic mass is 9.69. The van der Waals surface area contributed by atoms with E-state index in [2.05, 4.69) is 45.1 Å². The molecule has 4 nitrogen and oxygen atoms in total. The lowest BCUT2D eigenvalue weighted by Gasteiger charge is -2.44. The summed E-state index contributed by atoms with van der Waals surface area (Å²) < 4.78 is 11.7. The van der Waals surface area contributed by atoms with Crippen molar-refractivity contribution in [3.63, 3.8) is 0 Å². The molecule has 1 aromatic carbocycles. The van der Waals surface area contributed by atoms with E-state index in [1.807, 2.05) is 18.2 Å². The van der Waals surface area contributed by atoms with Gasteiger partial charge in [0.15, 0.2) is 0 Å². The summed E-state index contributed by atoms with van der Waals surface area (Å²) in [6, 6.07) is 12.2. The average Bonchev–Trinajstić information content (AvgIpc) is 3.15. The molecule has 1 aromatic heterocycles. The van der Waals surface area contributed by atoms with E-state index < -0.39 is 0 Å². The number of methoxy groups -OCH3 is 1. The van der Waals surface area contributed by atoms with Crippen LogP contribution in [-0.2, 0) is 16.1 Å². The highest BCUT2D eigenvalue weighted by molar-refractivity contribution is 9.10. The fourth-order valence-corrected chi connectivity index (χ4v) is 4.93. The van der Waals surface area contributed by atoms with Crippen molar-refractivity contribution in [3.05, 3.63) is 70.1 Å². The summed E-state index contributed by atoms with van der Waals surface area (Å²) >= 11 is 3.69. The lowest BCUT2D eigenvalue weighted by molar-refractivity contribution is -0.137. The number of fused-ring (bicyclic) bond motifs is 2. The van der Waals surface area contributed by atoms with E-state index in [4.69, 9.17) is 9.15 Å². The van der Waals surface area contributed by atoms with Gasteiger partial charge < -0.3 is 9.15 Å². The molecule has 5 heteroatoms. The molecule has 1 saturated heterocycles. The Morgan fingerprint density at radius 1 is 1.27 bits per heavy atom. The minimum Gasteiger partial charge on any atom is -0.468 e. The Balaban J connectivity index is 1.67. The van der Waals surface area contributed by atoms with Gasteiger partial charge in [-0.15, -0.1) is 0 Å². The molecule has 2 aliphatic rings. The Bertz CT molecular complexity index is 814. The first kappa shape index (κ1) is 17.6. The third-order valence-electron chi connectivity index (χ3n) is 5.51. The van der Waals surface area contributed by atoms with E-state index in [9.17, 15) is 4.79 Å². The van der Waals surface area contributed by atoms with Crippen LogP contribution in [0.5, 0.6) is 0 Å². The van der Waals surface area contributed by atoms with Crippen molar-refractivity contribution >= 4 is 21.9 Å². The number of nitrogens with zero attached hydrogens (tertiary/aromatic N) is 1. The summed E-state index contributed by atoms with van der Waals surface area (Å²) in [5, 5.41) is 0. The Morgan fingerprint density at radius 2 is 2.12 bits per heavy atom. The molecule has 3 atom stereocenters. The third-order valence-corrected chi connectivity index (χ3v) is 6.23. The summed E-state index contributed by atoms with van der Waals surface area (Å²) in [6.07, 6.45) is 4.88. The summed E-state index contributed by atoms with van der Waals surface area (Å²) in [4.78, 5) is 14.8. The molecule has 2 aromatic rings. The number of carbonyl (C=O) groups is 1. The second kappa shape index (κ2) is 7.41. The summed E-state index contributed by atoms with van der Waals surface area (Å²) in [7, 11) is 1.46. The number of hydrogen-bond acceptors (Lipinski definition) is 4. The number of rotatable bonds is 4. The molecule has 4 rings (SSSR count). The molecule has 2 heterocycles. The number of piperidine rings is 1. The molecular formula is C21H22BrNO3. The number of allylic oxidation sites excluding steroid dienone is 1. The maximum Gasteiger partial charge on any atom is 0.333 e. The highest BCUT2D eigenvalue weighted by Crippen LogP contribution is 2.45. The maximum atomic E-state index is 12.4. The zero-order valence-corrected chi connectivity index (χ0v) is 16.3. The standard InChI is InChI=1S/C21H22BrNO3/c1-25-21(24)19-10-18(17-6-2-3-7-20(17)22)14-9-15(19)12-23(11-14)13-16-5-4-8-26-16/h2-8,10,14-15,18H,9,11-13H2,1H3/t14-,15+,18-/m0/s1. The Labute approximate surface area is 161 Å². The van der Waals surface area contributed by atoms with Gasteiger partial charge >= 0.3 is 5.97 Å². The Kier molecular flexibility index (Phi) is 5.00. The van der Waals surface area contributed by atoms with Crippen molar-refractivity contribution in [2.45, 2.75) is 18.9 Å². The van der Waals surface area contributed by atoms with Crippen LogP contribution in [0.15, 0.2) is 63.2 Å². The van der Waals surface area contributed by atoms with Gasteiger partial charge in [0.1, 0.15) is 5.76 Å². The van der Waals surface area contributed by atoms with Crippen LogP contribution >= 0.6 is 15.9 Å². The van der Waals surface area contributed by atoms with Crippen molar-refractivity contribution in [2.75, 3.05) is 20.2 Å². The number of carbonyl (C=O) groups excluding carboxylic acids is 1. The van der Waals surface area contributed by atoms with E-state index in [0.717, 1.165) is 41.9 Å². The Morgan fingerprint density at radius 3 is 2.85 bits per heavy atom. The molecule has 136 valence electrons. The van der Waals surface area contributed by atoms with Gasteiger partial charge in [-0.1, -0.05) is 40.2 Å². The highest BCUT2D eigenvalue weighted by Gasteiger charge is 2.40. The quantitative estimate of drug-likeness (QED) is 0.694. The van der Waals surface area contributed by atoms with Crippen LogP contribution in [0, 0.1) is 11.8 Å². The van der Waals surface area contributed by atoms with Gasteiger partial charge in [-0.2, -0.15) is 0 Å². The smallest absolute Gasteiger partial charge is 0.333 e. The fourth-order valence-electron chi connectivity index (χ4n) is 4.38. The van der Waals surface area contributed by atoms with Gasteiger partial charge in [0.05, 0.1) is 19.9 Å². The zero-order valence-electron chi connectivity index (χ0n) is 14.7. The average molecular weight is 416 g/mol. The van der Waals surface area contributed by atoms with Crippen LogP contribution in [0.3, 0.4) is 0 Å². The number of furan rings is 1. The highest BCUT2D eigenvalue weighted by atomic mass is 79.9. The second-order valence-electron chi connectivity index (χ2n) is 7.13. The minimum atomic E-state index is -0.203. The molecule has 1 fully saturated rings. The summed E-state index contributed by atoms with van der Waals surface area (Å²) in [5.41, 5.74) is 2.05. The SMILES string of the molecule is COC(=O)C1=C[C@H](c2ccccc2Br)[C@H]2C[C@@H]1CN(Cc1ccco1)C2. The van der Waals surface area contributed by atoms with Gasteiger partial charge in [0, 0.05) is 35.0 Å². The van der Waals surface area contributed by atoms with Crippen molar-refractivity contribution in [3.8, 4) is 0 Å². The first-order chi connectivity index (χ1) is 12.7. The predicted octanol–water partition coefficient (Wildman–Crippen LogP) is 4.38. The van der Waals surface area contributed by atoms with E-state index in [-0.39, 0.29) is 17.8 Å². The predicted molar refractivity (Wildman–Crippen MR) is 103 cm³/mol. The van der Waals surface area contributed by atoms with Gasteiger partial charge in [0.2, 0.25) is 0 Å². The largest absolute Gasteiger partial charge is 0.468 e. The van der Waals surface area contributed by atoms with Gasteiger partial charge in [-0.3, -0.25) is 4.90 Å². The summed E-state index contributed by atoms with van der Waals surface area (Å²) in [5.74, 6) is 1.65. The molecule has 0 amide bonds. The van der Waals surface area contributed by atoms with Crippen molar-refractivity contribution in [1.29, 1.82) is 0 Å². The van der Waals surface area contributed by atoms with E-state index in [1.54, 1.807) is 6.26 Å². The number of hydrogen-bond donors (Lipinski definition) is 0. The van der Waals surface area contributed by atoms with Crippen molar-refractivity contribution in [1.82, 2.24) is 4.90 Å². The van der Waals surface area contributed by atoms with Crippen molar-refractivity contribution < 1.29 is 13.9 Å². The lowest BCUT2D eigenvalue weighted by Crippen LogP contribution is -2.45. The van der Waals surface area contributed by atoms with Crippen molar-refractivity contribution in [2.24, 2.45) is 11.8 Å². The topological polar surface area (TPSA) is 42.7 Å². The third kappa shape index (κ3) is 3.38. The van der Waals surface area contributed by atoms with E-state index in [0.29, 0.717) is 5.92 Å². The number of esters is 1. The number of likely N-dealkylation sites (tertiary alicyclic amines) is 1.